The van der Waals surface area contributed by atoms with E-state index in [9.17, 15) is 4.79 Å². The van der Waals surface area contributed by atoms with Crippen LogP contribution in [0.25, 0.3) is 0 Å². The van der Waals surface area contributed by atoms with Gasteiger partial charge < -0.3 is 10.1 Å². The zero-order valence-corrected chi connectivity index (χ0v) is 7.19. The number of esters is 1. The van der Waals surface area contributed by atoms with E-state index in [0.29, 0.717) is 5.92 Å². The monoisotopic (exact) mass is 177 g/mol. The van der Waals surface area contributed by atoms with Crippen LogP contribution >= 0.6 is 12.4 Å². The highest BCUT2D eigenvalue weighted by Crippen LogP contribution is 2.45. The number of halogens is 1. The van der Waals surface area contributed by atoms with Crippen LogP contribution in [-0.4, -0.2) is 25.7 Å². The summed E-state index contributed by atoms with van der Waals surface area (Å²) in [5, 5.41) is 3.13. The molecule has 4 heteroatoms. The topological polar surface area (TPSA) is 38.3 Å². The Labute approximate surface area is 71.9 Å². The van der Waals surface area contributed by atoms with Crippen molar-refractivity contribution in [3.8, 4) is 0 Å². The second-order valence-electron chi connectivity index (χ2n) is 3.07. The Morgan fingerprint density at radius 1 is 1.64 bits per heavy atom. The minimum absolute atomic E-state index is 0. The average molecular weight is 178 g/mol. The van der Waals surface area contributed by atoms with Crippen molar-refractivity contribution in [1.29, 1.82) is 0 Å². The summed E-state index contributed by atoms with van der Waals surface area (Å²) >= 11 is 0. The van der Waals surface area contributed by atoms with E-state index < -0.39 is 0 Å². The molecule has 1 aliphatic heterocycles. The summed E-state index contributed by atoms with van der Waals surface area (Å²) in [6, 6.07) is 0.00926. The standard InChI is InChI=1S/C7H11NO2.ClH/c1-10-7(9)6-5-2-4(5)3-8-6;/h4-6,8H,2-3H2,1H3;1H/t4-,5?,6-;/m0./s1. The van der Waals surface area contributed by atoms with E-state index >= 15 is 0 Å². The van der Waals surface area contributed by atoms with Crippen molar-refractivity contribution in [2.75, 3.05) is 13.7 Å². The fourth-order valence-electron chi connectivity index (χ4n) is 1.73. The molecule has 0 bridgehead atoms. The van der Waals surface area contributed by atoms with Crippen molar-refractivity contribution < 1.29 is 9.53 Å². The molecule has 0 aromatic carbocycles. The normalized spacial score (nSPS) is 38.8. The molecule has 1 unspecified atom stereocenters. The van der Waals surface area contributed by atoms with Gasteiger partial charge in [-0.3, -0.25) is 4.79 Å². The molecule has 0 aromatic rings. The SMILES string of the molecule is COC(=O)[C@H]1NC[C@@H]2CC21.Cl. The molecule has 1 N–H and O–H groups in total. The third-order valence-electron chi connectivity index (χ3n) is 2.46. The van der Waals surface area contributed by atoms with Crippen LogP contribution in [0.3, 0.4) is 0 Å². The van der Waals surface area contributed by atoms with Crippen molar-refractivity contribution in [2.45, 2.75) is 12.5 Å². The van der Waals surface area contributed by atoms with Gasteiger partial charge in [0.05, 0.1) is 7.11 Å². The number of carbonyl (C=O) groups excluding carboxylic acids is 1. The maximum Gasteiger partial charge on any atom is 0.323 e. The Morgan fingerprint density at radius 3 is 2.73 bits per heavy atom. The number of hydrogen-bond donors (Lipinski definition) is 1. The van der Waals surface area contributed by atoms with Crippen LogP contribution in [0, 0.1) is 11.8 Å². The number of rotatable bonds is 1. The second-order valence-corrected chi connectivity index (χ2v) is 3.07. The first-order valence-corrected chi connectivity index (χ1v) is 3.64. The van der Waals surface area contributed by atoms with E-state index in [4.69, 9.17) is 0 Å². The summed E-state index contributed by atoms with van der Waals surface area (Å²) in [6.45, 7) is 1.00. The predicted molar refractivity (Wildman–Crippen MR) is 42.7 cm³/mol. The van der Waals surface area contributed by atoms with Gasteiger partial charge in [-0.2, -0.15) is 0 Å². The third-order valence-corrected chi connectivity index (χ3v) is 2.46. The Hall–Kier alpha value is -0.280. The second kappa shape index (κ2) is 2.99. The van der Waals surface area contributed by atoms with E-state index in [-0.39, 0.29) is 24.4 Å². The fraction of sp³-hybridized carbons (Fsp3) is 0.857. The van der Waals surface area contributed by atoms with E-state index in [2.05, 4.69) is 10.1 Å². The van der Waals surface area contributed by atoms with Gasteiger partial charge >= 0.3 is 5.97 Å². The number of hydrogen-bond acceptors (Lipinski definition) is 3. The van der Waals surface area contributed by atoms with Gasteiger partial charge in [-0.1, -0.05) is 0 Å². The Morgan fingerprint density at radius 2 is 2.36 bits per heavy atom. The lowest BCUT2D eigenvalue weighted by Gasteiger charge is -2.08. The van der Waals surface area contributed by atoms with Crippen molar-refractivity contribution >= 4 is 18.4 Å². The Balaban J connectivity index is 0.000000605. The summed E-state index contributed by atoms with van der Waals surface area (Å²) in [7, 11) is 1.44. The number of fused-ring (bicyclic) bond motifs is 1. The highest BCUT2D eigenvalue weighted by Gasteiger charge is 2.51. The van der Waals surface area contributed by atoms with Crippen molar-refractivity contribution in [2.24, 2.45) is 11.8 Å². The molecule has 0 aromatic heterocycles. The van der Waals surface area contributed by atoms with Crippen molar-refractivity contribution in [3.05, 3.63) is 0 Å². The first kappa shape index (κ1) is 8.81. The summed E-state index contributed by atoms with van der Waals surface area (Å²) in [5.74, 6) is 1.27. The maximum absolute atomic E-state index is 11.0. The molecule has 2 fully saturated rings. The minimum atomic E-state index is -0.0926. The van der Waals surface area contributed by atoms with Crippen molar-refractivity contribution in [1.82, 2.24) is 5.32 Å². The van der Waals surface area contributed by atoms with E-state index in [1.54, 1.807) is 0 Å². The van der Waals surface area contributed by atoms with Gasteiger partial charge in [-0.25, -0.2) is 0 Å². The van der Waals surface area contributed by atoms with Gasteiger partial charge in [0.1, 0.15) is 6.04 Å². The van der Waals surface area contributed by atoms with Crippen molar-refractivity contribution in [3.63, 3.8) is 0 Å². The van der Waals surface area contributed by atoms with Crippen LogP contribution in [0.4, 0.5) is 0 Å². The van der Waals surface area contributed by atoms with E-state index in [1.165, 1.54) is 13.5 Å². The number of ether oxygens (including phenoxy) is 1. The van der Waals surface area contributed by atoms with E-state index in [0.717, 1.165) is 12.5 Å². The highest BCUT2D eigenvalue weighted by molar-refractivity contribution is 5.85. The number of nitrogens with one attached hydrogen (secondary N) is 1. The Bertz CT molecular complexity index is 174. The summed E-state index contributed by atoms with van der Waals surface area (Å²) in [5.41, 5.74) is 0. The first-order valence-electron chi connectivity index (χ1n) is 3.64. The first-order chi connectivity index (χ1) is 4.83. The minimum Gasteiger partial charge on any atom is -0.468 e. The Kier molecular flexibility index (Phi) is 2.40. The van der Waals surface area contributed by atoms with Gasteiger partial charge in [-0.05, 0) is 24.8 Å². The molecule has 3 atom stereocenters. The van der Waals surface area contributed by atoms with Gasteiger partial charge in [0.2, 0.25) is 0 Å². The average Bonchev–Trinajstić information content (AvgIpc) is 2.62. The van der Waals surface area contributed by atoms with Gasteiger partial charge in [0.25, 0.3) is 0 Å². The molecular formula is C7H12ClNO2. The number of carbonyl (C=O) groups is 1. The molecule has 1 saturated carbocycles. The maximum atomic E-state index is 11.0. The zero-order valence-electron chi connectivity index (χ0n) is 6.37. The van der Waals surface area contributed by atoms with Crippen LogP contribution in [0.2, 0.25) is 0 Å². The van der Waals surface area contributed by atoms with Crippen LogP contribution < -0.4 is 5.32 Å². The molecule has 0 amide bonds. The molecule has 1 aliphatic carbocycles. The van der Waals surface area contributed by atoms with Gasteiger partial charge in [0, 0.05) is 0 Å². The van der Waals surface area contributed by atoms with E-state index in [1.807, 2.05) is 0 Å². The molecule has 1 saturated heterocycles. The van der Waals surface area contributed by atoms with Crippen LogP contribution in [-0.2, 0) is 9.53 Å². The fourth-order valence-corrected chi connectivity index (χ4v) is 1.73. The quantitative estimate of drug-likeness (QED) is 0.582. The molecule has 64 valence electrons. The van der Waals surface area contributed by atoms with Crippen LogP contribution in [0.5, 0.6) is 0 Å². The summed E-state index contributed by atoms with van der Waals surface area (Å²) in [4.78, 5) is 11.0. The highest BCUT2D eigenvalue weighted by atomic mass is 35.5. The van der Waals surface area contributed by atoms with Gasteiger partial charge in [-0.15, -0.1) is 12.4 Å². The number of piperidine rings is 1. The summed E-state index contributed by atoms with van der Waals surface area (Å²) in [6.07, 6.45) is 1.22. The smallest absolute Gasteiger partial charge is 0.323 e. The lowest BCUT2D eigenvalue weighted by atomic mass is 10.2. The third kappa shape index (κ3) is 1.35. The predicted octanol–water partition coefficient (Wildman–Crippen LogP) is 0.189. The largest absolute Gasteiger partial charge is 0.468 e. The summed E-state index contributed by atoms with van der Waals surface area (Å²) < 4.78 is 4.63. The lowest BCUT2D eigenvalue weighted by Crippen LogP contribution is -2.35. The van der Waals surface area contributed by atoms with Crippen LogP contribution in [0.15, 0.2) is 0 Å². The molecule has 2 rings (SSSR count). The molecule has 3 nitrogen and oxygen atoms in total. The molecular weight excluding hydrogens is 166 g/mol. The molecule has 11 heavy (non-hydrogen) atoms. The number of methoxy groups -OCH3 is 1. The van der Waals surface area contributed by atoms with Crippen LogP contribution in [0.1, 0.15) is 6.42 Å². The lowest BCUT2D eigenvalue weighted by molar-refractivity contribution is -0.143. The zero-order chi connectivity index (χ0) is 7.14. The van der Waals surface area contributed by atoms with Gasteiger partial charge in [0.15, 0.2) is 0 Å². The molecule has 0 spiro atoms. The molecule has 0 radical (unpaired) electrons. The molecule has 2 aliphatic rings. The molecule has 1 heterocycles.